The molecule has 0 spiro atoms. The molecule has 32 heavy (non-hydrogen) atoms. The molecular formula is C30H25PbSb. The first-order valence-corrected chi connectivity index (χ1v) is 19.1. The zero-order valence-electron chi connectivity index (χ0n) is 17.9. The molecule has 0 saturated carbocycles. The van der Waals surface area contributed by atoms with Gasteiger partial charge in [-0.25, -0.2) is 0 Å². The first kappa shape index (κ1) is 23.0. The molecule has 0 unspecified atom stereocenters. The van der Waals surface area contributed by atoms with Gasteiger partial charge in [0.15, 0.2) is 0 Å². The van der Waals surface area contributed by atoms with Gasteiger partial charge in [0.2, 0.25) is 0 Å². The Kier molecular flexibility index (Phi) is 9.18. The van der Waals surface area contributed by atoms with E-state index < -0.39 is 22.7 Å². The standard InChI is InChI=1S/5C6H5.Pb.Sb/c5*1-2-4-6-5-3-1;;/h5*1-5H;;. The Morgan fingerprint density at radius 3 is 0.844 bits per heavy atom. The molecule has 0 amide bonds. The average Bonchev–Trinajstić information content (AvgIpc) is 2.88. The summed E-state index contributed by atoms with van der Waals surface area (Å²) >= 11 is -2.51. The van der Waals surface area contributed by atoms with Crippen LogP contribution in [-0.4, -0.2) is 44.3 Å². The predicted molar refractivity (Wildman–Crippen MR) is 142 cm³/mol. The van der Waals surface area contributed by atoms with Crippen LogP contribution in [0.15, 0.2) is 152 Å². The molecule has 0 bridgehead atoms. The summed E-state index contributed by atoms with van der Waals surface area (Å²) in [6.07, 6.45) is 0. The van der Waals surface area contributed by atoms with E-state index >= 15 is 0 Å². The Hall–Kier alpha value is -2.16. The Balaban J connectivity index is 0.000000165. The minimum absolute atomic E-state index is 0.335. The van der Waals surface area contributed by atoms with Crippen molar-refractivity contribution in [2.24, 2.45) is 0 Å². The van der Waals surface area contributed by atoms with Crippen molar-refractivity contribution < 1.29 is 0 Å². The maximum absolute atomic E-state index is 2.29. The van der Waals surface area contributed by atoms with Crippen LogP contribution in [0.3, 0.4) is 0 Å². The summed E-state index contributed by atoms with van der Waals surface area (Å²) in [6, 6.07) is 54.5. The Labute approximate surface area is 210 Å². The van der Waals surface area contributed by atoms with Gasteiger partial charge in [0.25, 0.3) is 0 Å². The van der Waals surface area contributed by atoms with Gasteiger partial charge in [0.05, 0.1) is 0 Å². The first-order valence-electron chi connectivity index (χ1n) is 10.8. The van der Waals surface area contributed by atoms with Crippen molar-refractivity contribution in [1.82, 2.24) is 0 Å². The molecule has 0 saturated heterocycles. The third kappa shape index (κ3) is 6.92. The van der Waals surface area contributed by atoms with Crippen molar-refractivity contribution in [2.75, 3.05) is 0 Å². The second-order valence-corrected chi connectivity index (χ2v) is 20.5. The Morgan fingerprint density at radius 2 is 0.562 bits per heavy atom. The third-order valence-electron chi connectivity index (χ3n) is 4.96. The Morgan fingerprint density at radius 1 is 0.312 bits per heavy atom. The van der Waals surface area contributed by atoms with E-state index in [4.69, 9.17) is 0 Å². The van der Waals surface area contributed by atoms with E-state index in [0.717, 1.165) is 0 Å². The van der Waals surface area contributed by atoms with Gasteiger partial charge in [0.1, 0.15) is 0 Å². The van der Waals surface area contributed by atoms with Crippen LogP contribution in [0.5, 0.6) is 0 Å². The van der Waals surface area contributed by atoms with Crippen LogP contribution in [0, 0.1) is 0 Å². The number of hydrogen-bond acceptors (Lipinski definition) is 0. The van der Waals surface area contributed by atoms with Gasteiger partial charge in [-0.05, 0) is 0 Å². The van der Waals surface area contributed by atoms with E-state index in [2.05, 4.69) is 152 Å². The van der Waals surface area contributed by atoms with E-state index in [9.17, 15) is 0 Å². The predicted octanol–water partition coefficient (Wildman–Crippen LogP) is 3.54. The summed E-state index contributed by atoms with van der Waals surface area (Å²) in [5.41, 5.74) is 0. The summed E-state index contributed by atoms with van der Waals surface area (Å²) in [4.78, 5) is 0. The molecule has 0 atom stereocenters. The molecule has 5 rings (SSSR count). The molecule has 0 aromatic heterocycles. The molecule has 0 aliphatic heterocycles. The van der Waals surface area contributed by atoms with E-state index in [1.54, 1.807) is 9.37 Å². The van der Waals surface area contributed by atoms with E-state index in [-0.39, 0.29) is 21.6 Å². The Bertz CT molecular complexity index is 1030. The van der Waals surface area contributed by atoms with E-state index in [1.165, 1.54) is 7.02 Å². The van der Waals surface area contributed by atoms with Crippen molar-refractivity contribution >= 4 is 60.7 Å². The molecule has 5 aromatic carbocycles. The number of rotatable bonds is 5. The van der Waals surface area contributed by atoms with Crippen LogP contribution in [0.2, 0.25) is 0 Å². The molecule has 0 nitrogen and oxygen atoms in total. The summed E-state index contributed by atoms with van der Waals surface area (Å²) in [6.45, 7) is 0. The van der Waals surface area contributed by atoms with Crippen molar-refractivity contribution in [1.29, 1.82) is 0 Å². The molecule has 2 radical (unpaired) electrons. The van der Waals surface area contributed by atoms with Crippen LogP contribution >= 0.6 is 0 Å². The van der Waals surface area contributed by atoms with Crippen LogP contribution in [-0.2, 0) is 0 Å². The fourth-order valence-electron chi connectivity index (χ4n) is 3.47. The van der Waals surface area contributed by atoms with E-state index in [0.29, 0.717) is 0 Å². The zero-order chi connectivity index (χ0) is 21.8. The second-order valence-electron chi connectivity index (χ2n) is 7.26. The SMILES string of the molecule is c1cc[c]([Pb]([c]2ccccc2)[c]2ccccc2)cc1.c1cc[c]([Sb][c]2ccccc2)cc1. The first-order chi connectivity index (χ1) is 15.9. The quantitative estimate of drug-likeness (QED) is 0.245. The van der Waals surface area contributed by atoms with Gasteiger partial charge in [0, 0.05) is 0 Å². The fourth-order valence-corrected chi connectivity index (χ4v) is 16.2. The number of hydrogen-bond donors (Lipinski definition) is 0. The normalized spacial score (nSPS) is 10.3. The molecule has 2 heteroatoms. The van der Waals surface area contributed by atoms with Crippen LogP contribution in [0.1, 0.15) is 0 Å². The van der Waals surface area contributed by atoms with Gasteiger partial charge in [-0.15, -0.1) is 0 Å². The van der Waals surface area contributed by atoms with Crippen molar-refractivity contribution in [3.8, 4) is 0 Å². The minimum atomic E-state index is -2.17. The van der Waals surface area contributed by atoms with Gasteiger partial charge in [-0.2, -0.15) is 0 Å². The summed E-state index contributed by atoms with van der Waals surface area (Å²) in [7, 11) is 0. The third-order valence-corrected chi connectivity index (χ3v) is 18.8. The molecule has 0 heterocycles. The van der Waals surface area contributed by atoms with Crippen LogP contribution in [0.25, 0.3) is 0 Å². The van der Waals surface area contributed by atoms with Crippen molar-refractivity contribution in [2.45, 2.75) is 0 Å². The molecule has 154 valence electrons. The molecule has 0 aliphatic carbocycles. The van der Waals surface area contributed by atoms with Gasteiger partial charge in [-0.1, -0.05) is 0 Å². The number of benzene rings is 5. The van der Waals surface area contributed by atoms with Gasteiger partial charge < -0.3 is 0 Å². The van der Waals surface area contributed by atoms with Crippen LogP contribution < -0.4 is 16.4 Å². The van der Waals surface area contributed by atoms with Gasteiger partial charge >= 0.3 is 212 Å². The summed E-state index contributed by atoms with van der Waals surface area (Å²) < 4.78 is 7.68. The van der Waals surface area contributed by atoms with Crippen molar-refractivity contribution in [3.63, 3.8) is 0 Å². The molecule has 0 N–H and O–H groups in total. The maximum atomic E-state index is 2.29. The van der Waals surface area contributed by atoms with Crippen molar-refractivity contribution in [3.05, 3.63) is 152 Å². The molecule has 5 aromatic rings. The van der Waals surface area contributed by atoms with Crippen LogP contribution in [0.4, 0.5) is 0 Å². The molecular weight excluding hydrogens is 689 g/mol. The average molecular weight is 714 g/mol. The monoisotopic (exact) mass is 714 g/mol. The topological polar surface area (TPSA) is 0 Å². The second kappa shape index (κ2) is 12.8. The molecule has 0 aliphatic rings. The molecule has 0 fully saturated rings. The fraction of sp³-hybridized carbons (Fsp3) is 0. The summed E-state index contributed by atoms with van der Waals surface area (Å²) in [5.74, 6) is 0. The van der Waals surface area contributed by atoms with E-state index in [1.807, 2.05) is 0 Å². The van der Waals surface area contributed by atoms with Gasteiger partial charge in [-0.3, -0.25) is 0 Å². The zero-order valence-corrected chi connectivity index (χ0v) is 24.3. The summed E-state index contributed by atoms with van der Waals surface area (Å²) in [5, 5.41) is 0.